The predicted molar refractivity (Wildman–Crippen MR) is 64.1 cm³/mol. The molecule has 0 aliphatic carbocycles. The number of hydrogen-bond donors (Lipinski definition) is 3. The van der Waals surface area contributed by atoms with Crippen LogP contribution in [0.5, 0.6) is 0 Å². The van der Waals surface area contributed by atoms with Gasteiger partial charge in [0.05, 0.1) is 12.0 Å². The number of hydrogen-bond acceptors (Lipinski definition) is 5. The van der Waals surface area contributed by atoms with Gasteiger partial charge in [0.25, 0.3) is 0 Å². The summed E-state index contributed by atoms with van der Waals surface area (Å²) in [7, 11) is 0. The number of benzene rings is 1. The van der Waals surface area contributed by atoms with E-state index in [1.807, 2.05) is 0 Å². The molecular weight excluding hydrogens is 270 g/mol. The lowest BCUT2D eigenvalue weighted by Gasteiger charge is -2.11. The van der Waals surface area contributed by atoms with Gasteiger partial charge in [0.2, 0.25) is 0 Å². The molecule has 0 spiro atoms. The van der Waals surface area contributed by atoms with E-state index < -0.39 is 36.5 Å². The molecule has 0 fully saturated rings. The monoisotopic (exact) mass is 281 g/mol. The molecule has 0 aliphatic rings. The van der Waals surface area contributed by atoms with E-state index >= 15 is 0 Å². The molecule has 1 atom stereocenters. The van der Waals surface area contributed by atoms with Gasteiger partial charge < -0.3 is 20.3 Å². The molecule has 0 saturated carbocycles. The zero-order chi connectivity index (χ0) is 15.1. The third-order valence-corrected chi connectivity index (χ3v) is 2.16. The van der Waals surface area contributed by atoms with Crippen molar-refractivity contribution in [1.82, 2.24) is 5.32 Å². The summed E-state index contributed by atoms with van der Waals surface area (Å²) < 4.78 is 4.35. The molecular formula is C12H11NO7. The average Bonchev–Trinajstić information content (AvgIpc) is 2.38. The number of esters is 1. The van der Waals surface area contributed by atoms with Gasteiger partial charge in [-0.2, -0.15) is 0 Å². The Morgan fingerprint density at radius 2 is 1.70 bits per heavy atom. The lowest BCUT2D eigenvalue weighted by molar-refractivity contribution is -0.145. The third kappa shape index (κ3) is 4.77. The quantitative estimate of drug-likeness (QED) is 0.528. The van der Waals surface area contributed by atoms with Crippen molar-refractivity contribution in [3.8, 4) is 0 Å². The van der Waals surface area contributed by atoms with Crippen molar-refractivity contribution in [3.63, 3.8) is 0 Å². The van der Waals surface area contributed by atoms with E-state index in [1.54, 1.807) is 23.5 Å². The molecule has 106 valence electrons. The highest BCUT2D eigenvalue weighted by Gasteiger charge is 2.25. The number of ether oxygens (including phenoxy) is 1. The van der Waals surface area contributed by atoms with E-state index in [4.69, 9.17) is 10.2 Å². The van der Waals surface area contributed by atoms with Gasteiger partial charge in [0.15, 0.2) is 0 Å². The summed E-state index contributed by atoms with van der Waals surface area (Å²) in [5.74, 6) is -3.92. The Balaban J connectivity index is 2.60. The lowest BCUT2D eigenvalue weighted by Crippen LogP contribution is -2.43. The molecule has 1 aromatic rings. The van der Waals surface area contributed by atoms with Crippen molar-refractivity contribution < 1.29 is 34.1 Å². The van der Waals surface area contributed by atoms with Gasteiger partial charge >= 0.3 is 24.0 Å². The zero-order valence-corrected chi connectivity index (χ0v) is 10.1. The molecule has 1 rings (SSSR count). The van der Waals surface area contributed by atoms with E-state index in [9.17, 15) is 19.2 Å². The van der Waals surface area contributed by atoms with E-state index in [-0.39, 0.29) is 5.56 Å². The van der Waals surface area contributed by atoms with Gasteiger partial charge in [-0.15, -0.1) is 0 Å². The van der Waals surface area contributed by atoms with E-state index in [0.29, 0.717) is 0 Å². The minimum Gasteiger partial charge on any atom is -0.481 e. The van der Waals surface area contributed by atoms with Gasteiger partial charge in [-0.05, 0) is 12.1 Å². The number of amides is 1. The maximum Gasteiger partial charge on any atom is 0.415 e. The lowest BCUT2D eigenvalue weighted by atomic mass is 10.2. The van der Waals surface area contributed by atoms with E-state index in [1.165, 1.54) is 12.1 Å². The number of alkyl carbamates (subject to hydrolysis) is 1. The summed E-state index contributed by atoms with van der Waals surface area (Å²) in [4.78, 5) is 43.9. The number of carboxylic acids is 2. The molecule has 1 amide bonds. The topological polar surface area (TPSA) is 130 Å². The second-order valence-electron chi connectivity index (χ2n) is 3.68. The second-order valence-corrected chi connectivity index (χ2v) is 3.68. The average molecular weight is 281 g/mol. The highest BCUT2D eigenvalue weighted by molar-refractivity contribution is 5.97. The fourth-order valence-electron chi connectivity index (χ4n) is 1.26. The van der Waals surface area contributed by atoms with Crippen molar-refractivity contribution in [3.05, 3.63) is 35.9 Å². The molecule has 3 N–H and O–H groups in total. The van der Waals surface area contributed by atoms with Crippen LogP contribution < -0.4 is 5.32 Å². The zero-order valence-electron chi connectivity index (χ0n) is 10.1. The van der Waals surface area contributed by atoms with Crippen LogP contribution in [-0.2, 0) is 14.3 Å². The van der Waals surface area contributed by atoms with Gasteiger partial charge in [0.1, 0.15) is 6.04 Å². The molecule has 8 heteroatoms. The van der Waals surface area contributed by atoms with Crippen LogP contribution in [0.15, 0.2) is 30.3 Å². The van der Waals surface area contributed by atoms with Crippen LogP contribution in [0.4, 0.5) is 4.79 Å². The number of rotatable bonds is 5. The predicted octanol–water partition coefficient (Wildman–Crippen LogP) is 0.481. The highest BCUT2D eigenvalue weighted by Crippen LogP contribution is 2.02. The maximum absolute atomic E-state index is 11.5. The summed E-state index contributed by atoms with van der Waals surface area (Å²) >= 11 is 0. The largest absolute Gasteiger partial charge is 0.481 e. The normalized spacial score (nSPS) is 11.2. The fraction of sp³-hybridized carbons (Fsp3) is 0.167. The summed E-state index contributed by atoms with van der Waals surface area (Å²) in [6, 6.07) is 5.90. The molecule has 1 unspecified atom stereocenters. The van der Waals surface area contributed by atoms with Crippen molar-refractivity contribution in [2.75, 3.05) is 0 Å². The molecule has 20 heavy (non-hydrogen) atoms. The molecule has 0 bridgehead atoms. The molecule has 0 heterocycles. The summed E-state index contributed by atoms with van der Waals surface area (Å²) in [6.45, 7) is 0. The Labute approximate surface area is 113 Å². The number of carbonyl (C=O) groups excluding carboxylic acids is 2. The number of carbonyl (C=O) groups is 4. The summed E-state index contributed by atoms with van der Waals surface area (Å²) in [5.41, 5.74) is 0.104. The standard InChI is InChI=1S/C12H11NO7/c14-9(15)6-8(10(16)17)13-12(19)20-11(18)7-4-2-1-3-5-7/h1-5,8H,6H2,(H,13,19)(H,14,15)(H,16,17). The van der Waals surface area contributed by atoms with E-state index in [0.717, 1.165) is 0 Å². The van der Waals surface area contributed by atoms with Gasteiger partial charge in [-0.25, -0.2) is 14.4 Å². The van der Waals surface area contributed by atoms with Crippen LogP contribution in [0.2, 0.25) is 0 Å². The van der Waals surface area contributed by atoms with Crippen molar-refractivity contribution in [2.45, 2.75) is 12.5 Å². The first-order chi connectivity index (χ1) is 9.40. The molecule has 0 saturated heterocycles. The second kappa shape index (κ2) is 6.88. The number of aliphatic carboxylic acids is 2. The Morgan fingerprint density at radius 3 is 2.20 bits per heavy atom. The third-order valence-electron chi connectivity index (χ3n) is 2.16. The Morgan fingerprint density at radius 1 is 1.10 bits per heavy atom. The molecule has 0 aliphatic heterocycles. The Hall–Kier alpha value is -2.90. The first kappa shape index (κ1) is 15.2. The Kier molecular flexibility index (Phi) is 5.21. The van der Waals surface area contributed by atoms with Crippen molar-refractivity contribution >= 4 is 24.0 Å². The van der Waals surface area contributed by atoms with Crippen LogP contribution >= 0.6 is 0 Å². The number of nitrogens with one attached hydrogen (secondary N) is 1. The molecule has 1 aromatic carbocycles. The highest BCUT2D eigenvalue weighted by atomic mass is 16.6. The SMILES string of the molecule is O=C(O)CC(NC(=O)OC(=O)c1ccccc1)C(=O)O. The molecule has 0 aromatic heterocycles. The summed E-state index contributed by atoms with van der Waals surface area (Å²) in [6.07, 6.45) is -2.16. The van der Waals surface area contributed by atoms with Crippen LogP contribution in [0.25, 0.3) is 0 Å². The van der Waals surface area contributed by atoms with Gasteiger partial charge in [0, 0.05) is 0 Å². The van der Waals surface area contributed by atoms with Crippen LogP contribution in [0.3, 0.4) is 0 Å². The fourth-order valence-corrected chi connectivity index (χ4v) is 1.26. The maximum atomic E-state index is 11.5. The van der Waals surface area contributed by atoms with Gasteiger partial charge in [-0.3, -0.25) is 4.79 Å². The van der Waals surface area contributed by atoms with Crippen LogP contribution in [0, 0.1) is 0 Å². The van der Waals surface area contributed by atoms with Crippen molar-refractivity contribution in [1.29, 1.82) is 0 Å². The minimum absolute atomic E-state index is 0.104. The van der Waals surface area contributed by atoms with Crippen LogP contribution in [-0.4, -0.2) is 40.3 Å². The first-order valence-corrected chi connectivity index (χ1v) is 5.42. The Bertz CT molecular complexity index is 526. The molecule has 0 radical (unpaired) electrons. The smallest absolute Gasteiger partial charge is 0.415 e. The van der Waals surface area contributed by atoms with Gasteiger partial charge in [-0.1, -0.05) is 18.2 Å². The van der Waals surface area contributed by atoms with Crippen molar-refractivity contribution in [2.24, 2.45) is 0 Å². The van der Waals surface area contributed by atoms with Crippen LogP contribution in [0.1, 0.15) is 16.8 Å². The number of carboxylic acid groups (broad SMARTS) is 2. The first-order valence-electron chi connectivity index (χ1n) is 5.42. The summed E-state index contributed by atoms with van der Waals surface area (Å²) in [5, 5.41) is 19.0. The minimum atomic E-state index is -1.68. The molecule has 8 nitrogen and oxygen atoms in total. The van der Waals surface area contributed by atoms with E-state index in [2.05, 4.69) is 4.74 Å².